The lowest BCUT2D eigenvalue weighted by Gasteiger charge is -2.17. The molecule has 1 aromatic heterocycles. The Balaban J connectivity index is 1.78. The van der Waals surface area contributed by atoms with E-state index in [-0.39, 0.29) is 0 Å². The fourth-order valence-corrected chi connectivity index (χ4v) is 3.99. The number of sulfonamides is 1. The molecule has 0 saturated carbocycles. The molecule has 0 bridgehead atoms. The van der Waals surface area contributed by atoms with E-state index in [0.717, 1.165) is 23.0 Å². The zero-order valence-electron chi connectivity index (χ0n) is 14.4. The molecule has 1 heterocycles. The molecule has 3 N–H and O–H groups in total. The molecule has 0 radical (unpaired) electrons. The number of fused-ring (bicyclic) bond motifs is 1. The van der Waals surface area contributed by atoms with Crippen molar-refractivity contribution in [3.05, 3.63) is 54.2 Å². The van der Waals surface area contributed by atoms with E-state index in [4.69, 9.17) is 0 Å². The number of alkyl halides is 3. The van der Waals surface area contributed by atoms with E-state index in [1.165, 1.54) is 13.0 Å². The molecule has 1 atom stereocenters. The van der Waals surface area contributed by atoms with Crippen LogP contribution in [0.2, 0.25) is 0 Å². The molecular weight excluding hydrogens is 397 g/mol. The van der Waals surface area contributed by atoms with Gasteiger partial charge in [-0.3, -0.25) is 9.89 Å². The Hall–Kier alpha value is -2.92. The number of carbonyl (C=O) groups is 1. The van der Waals surface area contributed by atoms with E-state index in [1.807, 2.05) is 4.72 Å². The Bertz CT molecular complexity index is 1130. The van der Waals surface area contributed by atoms with Crippen LogP contribution in [0, 0.1) is 0 Å². The van der Waals surface area contributed by atoms with Crippen LogP contribution < -0.4 is 10.0 Å². The number of aromatic amines is 1. The maximum atomic E-state index is 13.1. The molecule has 2 aromatic carbocycles. The fraction of sp³-hybridized carbons (Fsp3) is 0.176. The molecule has 148 valence electrons. The van der Waals surface area contributed by atoms with E-state index in [9.17, 15) is 26.4 Å². The zero-order chi connectivity index (χ0) is 20.5. The van der Waals surface area contributed by atoms with Gasteiger partial charge in [0, 0.05) is 11.1 Å². The molecule has 0 aliphatic heterocycles. The number of H-pyrrole nitrogens is 1. The van der Waals surface area contributed by atoms with Crippen LogP contribution in [0.5, 0.6) is 0 Å². The number of amides is 1. The lowest BCUT2D eigenvalue weighted by molar-refractivity contribution is -0.139. The first kappa shape index (κ1) is 19.8. The summed E-state index contributed by atoms with van der Waals surface area (Å²) < 4.78 is 66.0. The van der Waals surface area contributed by atoms with E-state index in [2.05, 4.69) is 15.5 Å². The molecule has 3 aromatic rings. The van der Waals surface area contributed by atoms with Crippen LogP contribution in [0.1, 0.15) is 12.5 Å². The van der Waals surface area contributed by atoms with Gasteiger partial charge in [-0.2, -0.15) is 23.0 Å². The third-order valence-electron chi connectivity index (χ3n) is 3.91. The number of rotatable bonds is 5. The number of hydrogen-bond acceptors (Lipinski definition) is 4. The van der Waals surface area contributed by atoms with Crippen LogP contribution in [0.25, 0.3) is 10.9 Å². The first-order chi connectivity index (χ1) is 13.1. The van der Waals surface area contributed by atoms with Gasteiger partial charge < -0.3 is 5.32 Å². The van der Waals surface area contributed by atoms with Gasteiger partial charge >= 0.3 is 6.18 Å². The molecule has 0 unspecified atom stereocenters. The molecule has 0 fully saturated rings. The standard InChI is InChI=1S/C17H15F3N4O3S/c1-10(16(25)22-12-6-7-14-11(8-12)9-21-23-14)24-28(26,27)15-5-3-2-4-13(15)17(18,19)20/h2-10,24H,1H3,(H,21,23)(H,22,25)/t10-/m0/s1. The fourth-order valence-electron chi connectivity index (χ4n) is 2.56. The first-order valence-corrected chi connectivity index (χ1v) is 9.49. The molecule has 0 saturated heterocycles. The van der Waals surface area contributed by atoms with Crippen LogP contribution in [-0.2, 0) is 21.0 Å². The third-order valence-corrected chi connectivity index (χ3v) is 5.51. The Morgan fingerprint density at radius 1 is 1.18 bits per heavy atom. The van der Waals surface area contributed by atoms with Gasteiger partial charge in [-0.1, -0.05) is 12.1 Å². The topological polar surface area (TPSA) is 104 Å². The largest absolute Gasteiger partial charge is 0.417 e. The molecule has 0 aliphatic rings. The van der Waals surface area contributed by atoms with Crippen LogP contribution >= 0.6 is 0 Å². The van der Waals surface area contributed by atoms with Gasteiger partial charge in [0.2, 0.25) is 15.9 Å². The van der Waals surface area contributed by atoms with Gasteiger partial charge in [-0.25, -0.2) is 8.42 Å². The highest BCUT2D eigenvalue weighted by Crippen LogP contribution is 2.33. The average Bonchev–Trinajstić information content (AvgIpc) is 3.08. The average molecular weight is 412 g/mol. The SMILES string of the molecule is C[C@H](NS(=O)(=O)c1ccccc1C(F)(F)F)C(=O)Nc1ccc2[nH]ncc2c1. The highest BCUT2D eigenvalue weighted by atomic mass is 32.2. The Labute approximate surface area is 158 Å². The summed E-state index contributed by atoms with van der Waals surface area (Å²) in [5, 5.41) is 9.83. The molecule has 0 spiro atoms. The Morgan fingerprint density at radius 3 is 2.61 bits per heavy atom. The van der Waals surface area contributed by atoms with Crippen LogP contribution in [0.3, 0.4) is 0 Å². The summed E-state index contributed by atoms with van der Waals surface area (Å²) in [5.74, 6) is -0.726. The molecular formula is C17H15F3N4O3S. The van der Waals surface area contributed by atoms with Crippen molar-refractivity contribution in [2.75, 3.05) is 5.32 Å². The zero-order valence-corrected chi connectivity index (χ0v) is 15.2. The molecule has 11 heteroatoms. The smallest absolute Gasteiger partial charge is 0.325 e. The van der Waals surface area contributed by atoms with Gasteiger partial charge in [0.1, 0.15) is 0 Å². The number of carbonyl (C=O) groups excluding carboxylic acids is 1. The molecule has 0 aliphatic carbocycles. The van der Waals surface area contributed by atoms with E-state index >= 15 is 0 Å². The maximum Gasteiger partial charge on any atom is 0.417 e. The second-order valence-corrected chi connectivity index (χ2v) is 7.68. The molecule has 28 heavy (non-hydrogen) atoms. The van der Waals surface area contributed by atoms with Gasteiger partial charge in [0.05, 0.1) is 28.2 Å². The summed E-state index contributed by atoms with van der Waals surface area (Å²) in [6, 6.07) is 7.33. The minimum Gasteiger partial charge on any atom is -0.325 e. The van der Waals surface area contributed by atoms with Gasteiger partial charge in [-0.05, 0) is 37.3 Å². The monoisotopic (exact) mass is 412 g/mol. The van der Waals surface area contributed by atoms with E-state index < -0.39 is 38.6 Å². The lowest BCUT2D eigenvalue weighted by Crippen LogP contribution is -2.42. The van der Waals surface area contributed by atoms with Crippen molar-refractivity contribution in [2.24, 2.45) is 0 Å². The Kier molecular flexibility index (Phi) is 5.13. The summed E-state index contributed by atoms with van der Waals surface area (Å²) in [4.78, 5) is 11.4. The Morgan fingerprint density at radius 2 is 1.89 bits per heavy atom. The lowest BCUT2D eigenvalue weighted by atomic mass is 10.2. The quantitative estimate of drug-likeness (QED) is 0.599. The van der Waals surface area contributed by atoms with Gasteiger partial charge in [0.15, 0.2) is 0 Å². The first-order valence-electron chi connectivity index (χ1n) is 8.00. The second-order valence-electron chi connectivity index (χ2n) is 6.00. The van der Waals surface area contributed by atoms with Crippen molar-refractivity contribution >= 4 is 32.5 Å². The highest BCUT2D eigenvalue weighted by Gasteiger charge is 2.37. The van der Waals surface area contributed by atoms with Crippen molar-refractivity contribution < 1.29 is 26.4 Å². The predicted molar refractivity (Wildman–Crippen MR) is 96.0 cm³/mol. The van der Waals surface area contributed by atoms with Crippen molar-refractivity contribution in [3.63, 3.8) is 0 Å². The van der Waals surface area contributed by atoms with Crippen LogP contribution in [-0.4, -0.2) is 30.6 Å². The number of halogens is 3. The van der Waals surface area contributed by atoms with E-state index in [1.54, 1.807) is 24.4 Å². The van der Waals surface area contributed by atoms with Crippen molar-refractivity contribution in [1.82, 2.24) is 14.9 Å². The van der Waals surface area contributed by atoms with Crippen molar-refractivity contribution in [2.45, 2.75) is 24.0 Å². The number of nitrogens with one attached hydrogen (secondary N) is 3. The number of aromatic nitrogens is 2. The normalized spacial score (nSPS) is 13.4. The second kappa shape index (κ2) is 7.24. The van der Waals surface area contributed by atoms with Crippen LogP contribution in [0.4, 0.5) is 18.9 Å². The third kappa shape index (κ3) is 4.15. The summed E-state index contributed by atoms with van der Waals surface area (Å²) in [6.45, 7) is 1.24. The summed E-state index contributed by atoms with van der Waals surface area (Å²) in [6.07, 6.45) is -3.30. The van der Waals surface area contributed by atoms with Crippen molar-refractivity contribution in [1.29, 1.82) is 0 Å². The number of hydrogen-bond donors (Lipinski definition) is 3. The van der Waals surface area contributed by atoms with Crippen molar-refractivity contribution in [3.8, 4) is 0 Å². The summed E-state index contributed by atoms with van der Waals surface area (Å²) in [5.41, 5.74) is -0.170. The summed E-state index contributed by atoms with van der Waals surface area (Å²) >= 11 is 0. The summed E-state index contributed by atoms with van der Waals surface area (Å²) in [7, 11) is -4.58. The maximum absolute atomic E-state index is 13.1. The predicted octanol–water partition coefficient (Wildman–Crippen LogP) is 2.89. The number of nitrogens with zero attached hydrogens (tertiary/aromatic N) is 1. The van der Waals surface area contributed by atoms with E-state index in [0.29, 0.717) is 11.8 Å². The van der Waals surface area contributed by atoms with Gasteiger partial charge in [0.25, 0.3) is 0 Å². The number of anilines is 1. The minimum absolute atomic E-state index is 0.389. The minimum atomic E-state index is -4.85. The van der Waals surface area contributed by atoms with Crippen LogP contribution in [0.15, 0.2) is 53.6 Å². The molecule has 7 nitrogen and oxygen atoms in total. The molecule has 3 rings (SSSR count). The molecule has 1 amide bonds. The highest BCUT2D eigenvalue weighted by molar-refractivity contribution is 7.89. The van der Waals surface area contributed by atoms with Gasteiger partial charge in [-0.15, -0.1) is 0 Å². The number of benzene rings is 2.